The molecule has 1 aromatic rings. The van der Waals surface area contributed by atoms with Crippen LogP contribution in [0.3, 0.4) is 0 Å². The highest BCUT2D eigenvalue weighted by molar-refractivity contribution is 7.89. The highest BCUT2D eigenvalue weighted by Crippen LogP contribution is 2.40. The van der Waals surface area contributed by atoms with Gasteiger partial charge in [-0.25, -0.2) is 13.2 Å². The lowest BCUT2D eigenvalue weighted by Crippen LogP contribution is -2.52. The molecule has 2 saturated heterocycles. The molecule has 2 N–H and O–H groups in total. The number of hydrogen-bond acceptors (Lipinski definition) is 4. The second-order valence-electron chi connectivity index (χ2n) is 6.19. The van der Waals surface area contributed by atoms with Gasteiger partial charge in [-0.05, 0) is 49.9 Å². The summed E-state index contributed by atoms with van der Waals surface area (Å²) in [5.74, 6) is -0.110. The molecule has 3 atom stereocenters. The fourth-order valence-electron chi connectivity index (χ4n) is 3.73. The third-order valence-electron chi connectivity index (χ3n) is 4.62. The Bertz CT molecular complexity index is 727. The van der Waals surface area contributed by atoms with Crippen molar-refractivity contribution in [3.8, 4) is 5.75 Å². The number of hydrogen-bond donors (Lipinski definition) is 2. The molecule has 10 heteroatoms. The minimum Gasteiger partial charge on any atom is -0.465 e. The molecular formula is C15H18F2N2O5S. The lowest BCUT2D eigenvalue weighted by atomic mass is 10.00. The van der Waals surface area contributed by atoms with Crippen LogP contribution in [0.15, 0.2) is 29.2 Å². The molecule has 0 aromatic heterocycles. The number of halogens is 2. The number of amides is 1. The van der Waals surface area contributed by atoms with Crippen molar-refractivity contribution < 1.29 is 31.8 Å². The van der Waals surface area contributed by atoms with Crippen molar-refractivity contribution in [3.63, 3.8) is 0 Å². The molecule has 3 rings (SSSR count). The first kappa shape index (κ1) is 17.9. The Labute approximate surface area is 143 Å². The average Bonchev–Trinajstić information content (AvgIpc) is 2.79. The van der Waals surface area contributed by atoms with E-state index in [1.165, 1.54) is 28.6 Å². The lowest BCUT2D eigenvalue weighted by Gasteiger charge is -2.37. The number of nitrogens with one attached hydrogen (secondary N) is 1. The lowest BCUT2D eigenvalue weighted by molar-refractivity contribution is -0.0498. The van der Waals surface area contributed by atoms with Crippen molar-refractivity contribution in [2.24, 2.45) is 0 Å². The Morgan fingerprint density at radius 3 is 2.24 bits per heavy atom. The summed E-state index contributed by atoms with van der Waals surface area (Å²) in [5, 5.41) is 11.3. The predicted octanol–water partition coefficient (Wildman–Crippen LogP) is 2.24. The summed E-state index contributed by atoms with van der Waals surface area (Å²) in [6.07, 6.45) is 1.08. The number of benzene rings is 1. The van der Waals surface area contributed by atoms with Crippen LogP contribution in [-0.4, -0.2) is 48.7 Å². The van der Waals surface area contributed by atoms with Gasteiger partial charge in [0.2, 0.25) is 10.0 Å². The van der Waals surface area contributed by atoms with Gasteiger partial charge in [0.25, 0.3) is 0 Å². The quantitative estimate of drug-likeness (QED) is 0.822. The minimum absolute atomic E-state index is 0.00987. The SMILES string of the molecule is O=C(O)N[C@@H]1C[C@H]2CC[C@@H](C1)N2S(=O)(=O)c1ccc(OC(F)F)cc1. The standard InChI is InChI=1S/C15H18F2N2O5S/c16-14(17)24-12-3-5-13(6-4-12)25(22,23)19-10-1-2-11(19)8-9(7-10)18-15(20)21/h3-6,9-11,14,18H,1-2,7-8H2,(H,20,21)/t9-,10-,11+. The van der Waals surface area contributed by atoms with Crippen molar-refractivity contribution in [2.75, 3.05) is 0 Å². The van der Waals surface area contributed by atoms with E-state index in [9.17, 15) is 22.0 Å². The van der Waals surface area contributed by atoms with E-state index >= 15 is 0 Å². The van der Waals surface area contributed by atoms with Crippen molar-refractivity contribution in [2.45, 2.75) is 55.3 Å². The molecule has 1 aromatic carbocycles. The molecule has 2 aliphatic heterocycles. The first-order chi connectivity index (χ1) is 11.8. The van der Waals surface area contributed by atoms with E-state index in [0.717, 1.165) is 0 Å². The molecule has 1 amide bonds. The highest BCUT2D eigenvalue weighted by atomic mass is 32.2. The van der Waals surface area contributed by atoms with E-state index in [0.29, 0.717) is 25.7 Å². The number of nitrogens with zero attached hydrogens (tertiary/aromatic N) is 1. The molecule has 138 valence electrons. The maximum Gasteiger partial charge on any atom is 0.404 e. The molecule has 2 bridgehead atoms. The maximum absolute atomic E-state index is 12.9. The third kappa shape index (κ3) is 3.69. The molecule has 0 saturated carbocycles. The van der Waals surface area contributed by atoms with Crippen LogP contribution in [0, 0.1) is 0 Å². The van der Waals surface area contributed by atoms with Crippen LogP contribution in [0.1, 0.15) is 25.7 Å². The molecule has 25 heavy (non-hydrogen) atoms. The molecular weight excluding hydrogens is 358 g/mol. The van der Waals surface area contributed by atoms with E-state index in [4.69, 9.17) is 5.11 Å². The summed E-state index contributed by atoms with van der Waals surface area (Å²) in [7, 11) is -3.78. The number of fused-ring (bicyclic) bond motifs is 2. The van der Waals surface area contributed by atoms with Gasteiger partial charge in [0.1, 0.15) is 5.75 Å². The first-order valence-corrected chi connectivity index (χ1v) is 9.29. The summed E-state index contributed by atoms with van der Waals surface area (Å²) < 4.78 is 55.9. The summed E-state index contributed by atoms with van der Waals surface area (Å²) in [4.78, 5) is 10.8. The van der Waals surface area contributed by atoms with Crippen molar-refractivity contribution >= 4 is 16.1 Å². The molecule has 2 heterocycles. The number of alkyl halides is 2. The highest BCUT2D eigenvalue weighted by Gasteiger charge is 2.47. The van der Waals surface area contributed by atoms with E-state index in [2.05, 4.69) is 10.1 Å². The van der Waals surface area contributed by atoms with Gasteiger partial charge in [-0.15, -0.1) is 0 Å². The molecule has 0 radical (unpaired) electrons. The van der Waals surface area contributed by atoms with Crippen molar-refractivity contribution in [3.05, 3.63) is 24.3 Å². The van der Waals surface area contributed by atoms with E-state index in [-0.39, 0.29) is 28.8 Å². The van der Waals surface area contributed by atoms with E-state index in [1.807, 2.05) is 0 Å². The number of carbonyl (C=O) groups is 1. The zero-order valence-electron chi connectivity index (χ0n) is 13.1. The maximum atomic E-state index is 12.9. The monoisotopic (exact) mass is 376 g/mol. The fraction of sp³-hybridized carbons (Fsp3) is 0.533. The first-order valence-electron chi connectivity index (χ1n) is 7.85. The molecule has 0 aliphatic carbocycles. The van der Waals surface area contributed by atoms with Crippen molar-refractivity contribution in [1.29, 1.82) is 0 Å². The average molecular weight is 376 g/mol. The third-order valence-corrected chi connectivity index (χ3v) is 6.64. The smallest absolute Gasteiger partial charge is 0.404 e. The summed E-state index contributed by atoms with van der Waals surface area (Å²) >= 11 is 0. The van der Waals surface area contributed by atoms with Crippen molar-refractivity contribution in [1.82, 2.24) is 9.62 Å². The Morgan fingerprint density at radius 2 is 1.76 bits per heavy atom. The van der Waals surface area contributed by atoms with Gasteiger partial charge in [-0.3, -0.25) is 0 Å². The number of ether oxygens (including phenoxy) is 1. The van der Waals surface area contributed by atoms with Gasteiger partial charge in [-0.1, -0.05) is 0 Å². The van der Waals surface area contributed by atoms with Crippen LogP contribution < -0.4 is 10.1 Å². The summed E-state index contributed by atoms with van der Waals surface area (Å²) in [6, 6.07) is 4.08. The van der Waals surface area contributed by atoms with Gasteiger partial charge < -0.3 is 15.2 Å². The van der Waals surface area contributed by atoms with Gasteiger partial charge in [0, 0.05) is 18.1 Å². The van der Waals surface area contributed by atoms with E-state index < -0.39 is 22.7 Å². The Kier molecular flexibility index (Phi) is 4.83. The van der Waals surface area contributed by atoms with Gasteiger partial charge in [-0.2, -0.15) is 13.1 Å². The molecule has 2 aliphatic rings. The number of carboxylic acid groups (broad SMARTS) is 1. The van der Waals surface area contributed by atoms with Crippen LogP contribution in [0.2, 0.25) is 0 Å². The van der Waals surface area contributed by atoms with Crippen LogP contribution in [0.5, 0.6) is 5.75 Å². The summed E-state index contributed by atoms with van der Waals surface area (Å²) in [6.45, 7) is -2.97. The van der Waals surface area contributed by atoms with Crippen LogP contribution in [0.4, 0.5) is 13.6 Å². The largest absolute Gasteiger partial charge is 0.465 e. The Morgan fingerprint density at radius 1 is 1.20 bits per heavy atom. The Balaban J connectivity index is 1.78. The summed E-state index contributed by atoms with van der Waals surface area (Å²) in [5.41, 5.74) is 0. The second-order valence-corrected chi connectivity index (χ2v) is 8.03. The number of rotatable bonds is 5. The van der Waals surface area contributed by atoms with Crippen LogP contribution in [-0.2, 0) is 10.0 Å². The molecule has 0 spiro atoms. The Hall–Kier alpha value is -1.94. The predicted molar refractivity (Wildman–Crippen MR) is 83.1 cm³/mol. The minimum atomic E-state index is -3.78. The van der Waals surface area contributed by atoms with Gasteiger partial charge >= 0.3 is 12.7 Å². The van der Waals surface area contributed by atoms with Gasteiger partial charge in [0.05, 0.1) is 4.90 Å². The second kappa shape index (κ2) is 6.75. The van der Waals surface area contributed by atoms with Crippen LogP contribution in [0.25, 0.3) is 0 Å². The topological polar surface area (TPSA) is 95.9 Å². The zero-order valence-corrected chi connectivity index (χ0v) is 14.0. The zero-order chi connectivity index (χ0) is 18.2. The van der Waals surface area contributed by atoms with Gasteiger partial charge in [0.15, 0.2) is 0 Å². The normalized spacial score (nSPS) is 26.6. The molecule has 0 unspecified atom stereocenters. The van der Waals surface area contributed by atoms with Crippen LogP contribution >= 0.6 is 0 Å². The molecule has 7 nitrogen and oxygen atoms in total. The fourth-order valence-corrected chi connectivity index (χ4v) is 5.63. The number of piperidine rings is 1. The molecule has 2 fully saturated rings. The number of sulfonamides is 1. The van der Waals surface area contributed by atoms with E-state index in [1.54, 1.807) is 0 Å².